The lowest BCUT2D eigenvalue weighted by Gasteiger charge is -2.55. The molecule has 1 spiro atoms. The van der Waals surface area contributed by atoms with Crippen LogP contribution in [0, 0.1) is 11.3 Å². The first-order valence-electron chi connectivity index (χ1n) is 9.05. The summed E-state index contributed by atoms with van der Waals surface area (Å²) in [6.45, 7) is 10.4. The predicted molar refractivity (Wildman–Crippen MR) is 87.7 cm³/mol. The molecular weight excluding hydrogens is 276 g/mol. The summed E-state index contributed by atoms with van der Waals surface area (Å²) in [4.78, 5) is 14.8. The van der Waals surface area contributed by atoms with E-state index in [0.29, 0.717) is 5.41 Å². The van der Waals surface area contributed by atoms with Gasteiger partial charge >= 0.3 is 5.97 Å². The molecule has 0 atom stereocenters. The monoisotopic (exact) mass is 308 g/mol. The summed E-state index contributed by atoms with van der Waals surface area (Å²) < 4.78 is 5.54. The Hall–Kier alpha value is -0.610. The molecule has 0 radical (unpaired) electrons. The highest BCUT2D eigenvalue weighted by molar-refractivity contribution is 5.73. The van der Waals surface area contributed by atoms with Gasteiger partial charge in [-0.3, -0.25) is 4.79 Å². The van der Waals surface area contributed by atoms with Crippen LogP contribution in [0.25, 0.3) is 0 Å². The number of carbonyl (C=O) groups is 1. The average molecular weight is 308 g/mol. The molecular formula is C18H32N2O2. The molecule has 0 aromatic carbocycles. The van der Waals surface area contributed by atoms with Crippen LogP contribution in [0.3, 0.4) is 0 Å². The van der Waals surface area contributed by atoms with Crippen molar-refractivity contribution in [2.75, 3.05) is 26.2 Å². The number of likely N-dealkylation sites (tertiary alicyclic amines) is 1. The maximum Gasteiger partial charge on any atom is 0.309 e. The summed E-state index contributed by atoms with van der Waals surface area (Å²) in [5, 5.41) is 3.47. The molecule has 1 saturated carbocycles. The van der Waals surface area contributed by atoms with E-state index in [1.165, 1.54) is 38.8 Å². The molecule has 2 saturated heterocycles. The van der Waals surface area contributed by atoms with Gasteiger partial charge in [-0.2, -0.15) is 0 Å². The Labute approximate surface area is 135 Å². The molecule has 0 aromatic rings. The Morgan fingerprint density at radius 3 is 2.27 bits per heavy atom. The van der Waals surface area contributed by atoms with Crippen molar-refractivity contribution in [1.29, 1.82) is 0 Å². The molecule has 0 bridgehead atoms. The maximum absolute atomic E-state index is 12.2. The Morgan fingerprint density at radius 2 is 1.73 bits per heavy atom. The van der Waals surface area contributed by atoms with Crippen LogP contribution in [0.1, 0.15) is 59.3 Å². The van der Waals surface area contributed by atoms with Gasteiger partial charge in [0.1, 0.15) is 5.60 Å². The fourth-order valence-corrected chi connectivity index (χ4v) is 4.45. The molecule has 0 amide bonds. The lowest BCUT2D eigenvalue weighted by molar-refractivity contribution is -0.162. The number of ether oxygens (including phenoxy) is 1. The van der Waals surface area contributed by atoms with Crippen LogP contribution in [-0.4, -0.2) is 48.7 Å². The van der Waals surface area contributed by atoms with Gasteiger partial charge in [-0.05, 0) is 90.9 Å². The molecule has 1 N–H and O–H groups in total. The van der Waals surface area contributed by atoms with Crippen molar-refractivity contribution in [2.45, 2.75) is 70.9 Å². The summed E-state index contributed by atoms with van der Waals surface area (Å²) in [6, 6.07) is 0.776. The van der Waals surface area contributed by atoms with E-state index in [9.17, 15) is 4.79 Å². The Bertz CT molecular complexity index is 394. The standard InChI is InChI=1S/C18H32N2O2/c1-17(2,3)22-16(21)14-4-10-20(11-5-14)15-12-18(13-15)6-8-19-9-7-18/h14-15,19H,4-13H2,1-3H3. The number of carbonyl (C=O) groups excluding carboxylic acids is 1. The summed E-state index contributed by atoms with van der Waals surface area (Å²) in [5.41, 5.74) is 0.293. The molecule has 4 nitrogen and oxygen atoms in total. The molecule has 126 valence electrons. The van der Waals surface area contributed by atoms with Gasteiger partial charge in [-0.1, -0.05) is 0 Å². The number of hydrogen-bond acceptors (Lipinski definition) is 4. The van der Waals surface area contributed by atoms with Crippen molar-refractivity contribution in [3.63, 3.8) is 0 Å². The fourth-order valence-electron chi connectivity index (χ4n) is 4.45. The number of nitrogens with zero attached hydrogens (tertiary/aromatic N) is 1. The molecule has 4 heteroatoms. The number of esters is 1. The zero-order valence-corrected chi connectivity index (χ0v) is 14.5. The van der Waals surface area contributed by atoms with E-state index >= 15 is 0 Å². The second-order valence-corrected chi connectivity index (χ2v) is 8.66. The number of rotatable bonds is 2. The zero-order chi connectivity index (χ0) is 15.8. The van der Waals surface area contributed by atoms with Gasteiger partial charge in [0.25, 0.3) is 0 Å². The molecule has 1 aliphatic carbocycles. The van der Waals surface area contributed by atoms with E-state index < -0.39 is 0 Å². The van der Waals surface area contributed by atoms with Crippen LogP contribution in [0.2, 0.25) is 0 Å². The van der Waals surface area contributed by atoms with E-state index in [0.717, 1.165) is 32.0 Å². The third-order valence-corrected chi connectivity index (χ3v) is 5.79. The molecule has 3 aliphatic rings. The summed E-state index contributed by atoms with van der Waals surface area (Å²) in [7, 11) is 0. The minimum Gasteiger partial charge on any atom is -0.460 e. The number of piperidine rings is 2. The summed E-state index contributed by atoms with van der Waals surface area (Å²) in [5.74, 6) is 0.124. The van der Waals surface area contributed by atoms with Crippen LogP contribution in [0.15, 0.2) is 0 Å². The first-order chi connectivity index (χ1) is 10.4. The summed E-state index contributed by atoms with van der Waals surface area (Å²) in [6.07, 6.45) is 7.42. The van der Waals surface area contributed by atoms with Gasteiger partial charge in [0.15, 0.2) is 0 Å². The van der Waals surface area contributed by atoms with Gasteiger partial charge < -0.3 is 15.0 Å². The maximum atomic E-state index is 12.2. The Kier molecular flexibility index (Phi) is 4.52. The highest BCUT2D eigenvalue weighted by Crippen LogP contribution is 2.50. The SMILES string of the molecule is CC(C)(C)OC(=O)C1CCN(C2CC3(CCNCC3)C2)CC1. The molecule has 3 fully saturated rings. The minimum atomic E-state index is -0.358. The van der Waals surface area contributed by atoms with Crippen LogP contribution in [-0.2, 0) is 9.53 Å². The second kappa shape index (κ2) is 6.12. The lowest BCUT2D eigenvalue weighted by atomic mass is 9.60. The third kappa shape index (κ3) is 3.65. The lowest BCUT2D eigenvalue weighted by Crippen LogP contribution is -2.56. The number of hydrogen-bond donors (Lipinski definition) is 1. The van der Waals surface area contributed by atoms with E-state index in [-0.39, 0.29) is 17.5 Å². The van der Waals surface area contributed by atoms with Crippen LogP contribution < -0.4 is 5.32 Å². The van der Waals surface area contributed by atoms with Crippen LogP contribution in [0.5, 0.6) is 0 Å². The second-order valence-electron chi connectivity index (χ2n) is 8.66. The van der Waals surface area contributed by atoms with Crippen molar-refractivity contribution in [3.05, 3.63) is 0 Å². The van der Waals surface area contributed by atoms with E-state index in [4.69, 9.17) is 4.74 Å². The molecule has 3 rings (SSSR count). The molecule has 0 aromatic heterocycles. The highest BCUT2D eigenvalue weighted by atomic mass is 16.6. The van der Waals surface area contributed by atoms with E-state index in [1.54, 1.807) is 0 Å². The van der Waals surface area contributed by atoms with Crippen molar-refractivity contribution < 1.29 is 9.53 Å². The molecule has 2 aliphatic heterocycles. The zero-order valence-electron chi connectivity index (χ0n) is 14.5. The van der Waals surface area contributed by atoms with E-state index in [1.807, 2.05) is 20.8 Å². The van der Waals surface area contributed by atoms with Gasteiger partial charge in [0.05, 0.1) is 5.92 Å². The van der Waals surface area contributed by atoms with Crippen molar-refractivity contribution >= 4 is 5.97 Å². The van der Waals surface area contributed by atoms with Crippen molar-refractivity contribution in [3.8, 4) is 0 Å². The van der Waals surface area contributed by atoms with Gasteiger partial charge in [0, 0.05) is 6.04 Å². The topological polar surface area (TPSA) is 41.6 Å². The Balaban J connectivity index is 1.42. The minimum absolute atomic E-state index is 0.00980. The van der Waals surface area contributed by atoms with Crippen molar-refractivity contribution in [1.82, 2.24) is 10.2 Å². The fraction of sp³-hybridized carbons (Fsp3) is 0.944. The predicted octanol–water partition coefficient (Wildman–Crippen LogP) is 2.57. The molecule has 22 heavy (non-hydrogen) atoms. The smallest absolute Gasteiger partial charge is 0.309 e. The van der Waals surface area contributed by atoms with Gasteiger partial charge in [0.2, 0.25) is 0 Å². The highest BCUT2D eigenvalue weighted by Gasteiger charge is 2.47. The normalized spacial score (nSPS) is 27.6. The first-order valence-corrected chi connectivity index (χ1v) is 9.05. The first kappa shape index (κ1) is 16.3. The van der Waals surface area contributed by atoms with Crippen LogP contribution >= 0.6 is 0 Å². The number of nitrogens with one attached hydrogen (secondary N) is 1. The largest absolute Gasteiger partial charge is 0.460 e. The quantitative estimate of drug-likeness (QED) is 0.796. The van der Waals surface area contributed by atoms with Crippen molar-refractivity contribution in [2.24, 2.45) is 11.3 Å². The van der Waals surface area contributed by atoms with Gasteiger partial charge in [-0.25, -0.2) is 0 Å². The summed E-state index contributed by atoms with van der Waals surface area (Å²) >= 11 is 0. The molecule has 2 heterocycles. The third-order valence-electron chi connectivity index (χ3n) is 5.79. The van der Waals surface area contributed by atoms with Crippen LogP contribution in [0.4, 0.5) is 0 Å². The van der Waals surface area contributed by atoms with E-state index in [2.05, 4.69) is 10.2 Å². The van der Waals surface area contributed by atoms with Gasteiger partial charge in [-0.15, -0.1) is 0 Å². The average Bonchev–Trinajstić information content (AvgIpc) is 2.44. The Morgan fingerprint density at radius 1 is 1.14 bits per heavy atom. The molecule has 0 unspecified atom stereocenters.